The average Bonchev–Trinajstić information content (AvgIpc) is 3.44. The first-order chi connectivity index (χ1) is 20.4. The molecule has 3 rings (SSSR count). The highest BCUT2D eigenvalue weighted by molar-refractivity contribution is 5.95. The fourth-order valence-corrected chi connectivity index (χ4v) is 4.54. The highest BCUT2D eigenvalue weighted by Crippen LogP contribution is 2.18. The van der Waals surface area contributed by atoms with Crippen LogP contribution in [-0.4, -0.2) is 102 Å². The number of hydrogen-bond donors (Lipinski definition) is 4. The number of nitrogens with zero attached hydrogens (tertiary/aromatic N) is 3. The minimum Gasteiger partial charge on any atom is -0.480 e. The van der Waals surface area contributed by atoms with Gasteiger partial charge in [0.15, 0.2) is 0 Å². The minimum atomic E-state index is -1.35. The second kappa shape index (κ2) is 15.8. The summed E-state index contributed by atoms with van der Waals surface area (Å²) in [6, 6.07) is 7.60. The Balaban J connectivity index is 1.32. The molecule has 14 nitrogen and oxygen atoms in total. The zero-order valence-corrected chi connectivity index (χ0v) is 25.0. The van der Waals surface area contributed by atoms with Crippen LogP contribution in [0.4, 0.5) is 9.59 Å². The third-order valence-electron chi connectivity index (χ3n) is 6.81. The molecule has 1 fully saturated rings. The smallest absolute Gasteiger partial charge is 0.417 e. The Hall–Kier alpha value is -4.36. The van der Waals surface area contributed by atoms with Crippen molar-refractivity contribution in [2.45, 2.75) is 64.7 Å². The largest absolute Gasteiger partial charge is 0.480 e. The molecule has 1 saturated heterocycles. The molecule has 4 N–H and O–H groups in total. The fraction of sp³-hybridized carbons (Fsp3) is 0.586. The first-order valence-corrected chi connectivity index (χ1v) is 14.5. The Labute approximate surface area is 251 Å². The maximum Gasteiger partial charge on any atom is 0.417 e. The number of benzene rings is 1. The van der Waals surface area contributed by atoms with Crippen molar-refractivity contribution in [2.24, 2.45) is 10.9 Å². The van der Waals surface area contributed by atoms with E-state index in [9.17, 15) is 29.1 Å². The van der Waals surface area contributed by atoms with Gasteiger partial charge in [0, 0.05) is 38.5 Å². The van der Waals surface area contributed by atoms with Crippen molar-refractivity contribution < 1.29 is 38.6 Å². The van der Waals surface area contributed by atoms with Crippen molar-refractivity contribution in [1.82, 2.24) is 25.8 Å². The van der Waals surface area contributed by atoms with Gasteiger partial charge in [-0.1, -0.05) is 30.3 Å². The normalized spacial score (nSPS) is 16.1. The van der Waals surface area contributed by atoms with Gasteiger partial charge in [0.1, 0.15) is 18.2 Å². The first-order valence-electron chi connectivity index (χ1n) is 14.5. The number of amides is 4. The van der Waals surface area contributed by atoms with Gasteiger partial charge in [0.2, 0.25) is 17.8 Å². The molecule has 0 unspecified atom stereocenters. The van der Waals surface area contributed by atoms with Crippen LogP contribution in [0.15, 0.2) is 35.3 Å². The number of guanidine groups is 1. The number of carboxylic acid groups (broad SMARTS) is 1. The SMILES string of the molecule is CC(C)(C)OC(=O)N1CCN=C1NCCCC(=O)N1CCC(C(=O)NC[C@H](NC(=O)OCc2ccccc2)C(=O)O)CC1. The predicted molar refractivity (Wildman–Crippen MR) is 156 cm³/mol. The number of aliphatic carboxylic acids is 1. The van der Waals surface area contributed by atoms with Crippen molar-refractivity contribution in [3.05, 3.63) is 35.9 Å². The topological polar surface area (TPSA) is 179 Å². The van der Waals surface area contributed by atoms with Gasteiger partial charge in [-0.2, -0.15) is 0 Å². The van der Waals surface area contributed by atoms with Crippen LogP contribution in [0.25, 0.3) is 0 Å². The lowest BCUT2D eigenvalue weighted by molar-refractivity contribution is -0.140. The van der Waals surface area contributed by atoms with Crippen LogP contribution >= 0.6 is 0 Å². The van der Waals surface area contributed by atoms with E-state index in [1.54, 1.807) is 49.9 Å². The lowest BCUT2D eigenvalue weighted by atomic mass is 9.95. The number of carbonyl (C=O) groups excluding carboxylic acids is 4. The molecular weight excluding hydrogens is 560 g/mol. The van der Waals surface area contributed by atoms with Crippen LogP contribution in [0.3, 0.4) is 0 Å². The monoisotopic (exact) mass is 602 g/mol. The van der Waals surface area contributed by atoms with Gasteiger partial charge in [-0.3, -0.25) is 14.6 Å². The second-order valence-corrected chi connectivity index (χ2v) is 11.4. The Morgan fingerprint density at radius 1 is 1.07 bits per heavy atom. The molecule has 0 aliphatic carbocycles. The van der Waals surface area contributed by atoms with Crippen LogP contribution in [0.1, 0.15) is 52.0 Å². The summed E-state index contributed by atoms with van der Waals surface area (Å²) in [5, 5.41) is 17.4. The number of rotatable bonds is 11. The number of carbonyl (C=O) groups is 5. The standard InChI is InChI=1S/C29H42N6O8/c1-29(2,3)43-28(41)35-17-14-31-26(35)30-13-7-10-23(36)34-15-11-21(12-16-34)24(37)32-18-22(25(38)39)33-27(40)42-19-20-8-5-4-6-9-20/h4-6,8-9,21-22H,7,10-19H2,1-3H3,(H,30,31)(H,32,37)(H,33,40)(H,38,39)/t22-/m0/s1. The van der Waals surface area contributed by atoms with Crippen LogP contribution in [-0.2, 0) is 30.5 Å². The summed E-state index contributed by atoms with van der Waals surface area (Å²) in [6.07, 6.45) is 0.372. The molecule has 43 heavy (non-hydrogen) atoms. The number of aliphatic imine (C=N–C) groups is 1. The molecule has 236 valence electrons. The van der Waals surface area contributed by atoms with E-state index in [-0.39, 0.29) is 30.9 Å². The molecule has 2 heterocycles. The summed E-state index contributed by atoms with van der Waals surface area (Å²) < 4.78 is 10.5. The first kappa shape index (κ1) is 33.1. The molecule has 14 heteroatoms. The maximum atomic E-state index is 12.7. The zero-order valence-electron chi connectivity index (χ0n) is 25.0. The molecule has 1 atom stereocenters. The Morgan fingerprint density at radius 2 is 1.77 bits per heavy atom. The van der Waals surface area contributed by atoms with Gasteiger partial charge < -0.3 is 35.4 Å². The van der Waals surface area contributed by atoms with Crippen LogP contribution in [0.5, 0.6) is 0 Å². The van der Waals surface area contributed by atoms with E-state index in [1.165, 1.54) is 4.90 Å². The van der Waals surface area contributed by atoms with Crippen LogP contribution in [0.2, 0.25) is 0 Å². The fourth-order valence-electron chi connectivity index (χ4n) is 4.54. The summed E-state index contributed by atoms with van der Waals surface area (Å²) in [6.45, 7) is 7.30. The van der Waals surface area contributed by atoms with Gasteiger partial charge in [-0.05, 0) is 45.6 Å². The van der Waals surface area contributed by atoms with Gasteiger partial charge in [-0.15, -0.1) is 0 Å². The summed E-state index contributed by atoms with van der Waals surface area (Å²) in [4.78, 5) is 68.9. The summed E-state index contributed by atoms with van der Waals surface area (Å²) in [7, 11) is 0. The van der Waals surface area contributed by atoms with E-state index in [2.05, 4.69) is 20.9 Å². The second-order valence-electron chi connectivity index (χ2n) is 11.4. The van der Waals surface area contributed by atoms with Gasteiger partial charge in [0.25, 0.3) is 0 Å². The maximum absolute atomic E-state index is 12.7. The predicted octanol–water partition coefficient (Wildman–Crippen LogP) is 1.70. The molecule has 2 aliphatic heterocycles. The summed E-state index contributed by atoms with van der Waals surface area (Å²) >= 11 is 0. The number of hydrogen-bond acceptors (Lipinski definition) is 9. The molecular formula is C29H42N6O8. The van der Waals surface area contributed by atoms with E-state index in [0.717, 1.165) is 5.56 Å². The van der Waals surface area contributed by atoms with Crippen LogP contribution < -0.4 is 16.0 Å². The summed E-state index contributed by atoms with van der Waals surface area (Å²) in [5.74, 6) is -1.58. The lowest BCUT2D eigenvalue weighted by Gasteiger charge is -2.31. The van der Waals surface area contributed by atoms with Gasteiger partial charge in [-0.25, -0.2) is 19.3 Å². The molecule has 1 aromatic rings. The molecule has 0 bridgehead atoms. The van der Waals surface area contributed by atoms with Crippen molar-refractivity contribution >= 4 is 35.9 Å². The Bertz CT molecular complexity index is 1160. The number of ether oxygens (including phenoxy) is 2. The van der Waals surface area contributed by atoms with E-state index in [1.807, 2.05) is 6.07 Å². The number of likely N-dealkylation sites (tertiary alicyclic amines) is 1. The van der Waals surface area contributed by atoms with Crippen molar-refractivity contribution in [3.63, 3.8) is 0 Å². The highest BCUT2D eigenvalue weighted by atomic mass is 16.6. The molecule has 0 aromatic heterocycles. The van der Waals surface area contributed by atoms with E-state index in [0.29, 0.717) is 64.4 Å². The summed E-state index contributed by atoms with van der Waals surface area (Å²) in [5.41, 5.74) is 0.145. The van der Waals surface area contributed by atoms with E-state index < -0.39 is 29.8 Å². The Morgan fingerprint density at radius 3 is 2.42 bits per heavy atom. The average molecular weight is 603 g/mol. The van der Waals surface area contributed by atoms with Crippen molar-refractivity contribution in [3.8, 4) is 0 Å². The molecule has 0 radical (unpaired) electrons. The van der Waals surface area contributed by atoms with Crippen molar-refractivity contribution in [2.75, 3.05) is 39.3 Å². The Kier molecular flexibility index (Phi) is 12.1. The quantitative estimate of drug-likeness (QED) is 0.274. The number of carboxylic acids is 1. The molecule has 0 spiro atoms. The molecule has 1 aromatic carbocycles. The third kappa shape index (κ3) is 11.1. The molecule has 2 aliphatic rings. The van der Waals surface area contributed by atoms with E-state index >= 15 is 0 Å². The number of alkyl carbamates (subject to hydrolysis) is 1. The highest BCUT2D eigenvalue weighted by Gasteiger charge is 2.30. The van der Waals surface area contributed by atoms with Gasteiger partial charge >= 0.3 is 18.2 Å². The van der Waals surface area contributed by atoms with E-state index in [4.69, 9.17) is 9.47 Å². The number of nitrogens with one attached hydrogen (secondary N) is 3. The number of piperidine rings is 1. The lowest BCUT2D eigenvalue weighted by Crippen LogP contribution is -2.50. The third-order valence-corrected chi connectivity index (χ3v) is 6.81. The minimum absolute atomic E-state index is 0.0127. The molecule has 0 saturated carbocycles. The zero-order chi connectivity index (χ0) is 31.4. The molecule has 4 amide bonds. The van der Waals surface area contributed by atoms with Gasteiger partial charge in [0.05, 0.1) is 13.1 Å². The van der Waals surface area contributed by atoms with Crippen LogP contribution in [0, 0.1) is 5.92 Å². The van der Waals surface area contributed by atoms with Crippen molar-refractivity contribution in [1.29, 1.82) is 0 Å².